The Kier molecular flexibility index (Phi) is 4.79. The van der Waals surface area contributed by atoms with E-state index in [0.717, 1.165) is 0 Å². The fourth-order valence-corrected chi connectivity index (χ4v) is 2.07. The van der Waals surface area contributed by atoms with Crippen LogP contribution in [0.2, 0.25) is 5.02 Å². The number of benzene rings is 1. The Morgan fingerprint density at radius 3 is 2.71 bits per heavy atom. The lowest BCUT2D eigenvalue weighted by molar-refractivity contribution is 0.318. The molecule has 0 fully saturated rings. The van der Waals surface area contributed by atoms with E-state index >= 15 is 0 Å². The molecule has 0 aliphatic carbocycles. The molecule has 1 aromatic rings. The Balaban J connectivity index is 2.51. The summed E-state index contributed by atoms with van der Waals surface area (Å²) in [6.45, 7) is 0.276. The summed E-state index contributed by atoms with van der Waals surface area (Å²) in [6, 6.07) is 6.66. The smallest absolute Gasteiger partial charge is 0.147 e. The minimum atomic E-state index is -2.96. The topological polar surface area (TPSA) is 67.2 Å². The van der Waals surface area contributed by atoms with Gasteiger partial charge >= 0.3 is 0 Å². The number of rotatable bonds is 5. The van der Waals surface area contributed by atoms with E-state index in [4.69, 9.17) is 21.6 Å². The molecule has 0 saturated heterocycles. The van der Waals surface area contributed by atoms with E-state index in [1.165, 1.54) is 12.3 Å². The summed E-state index contributed by atoms with van der Waals surface area (Å²) >= 11 is 5.88. The highest BCUT2D eigenvalue weighted by molar-refractivity contribution is 7.90. The van der Waals surface area contributed by atoms with Gasteiger partial charge in [-0.05, 0) is 24.6 Å². The minimum Gasteiger partial charge on any atom is -0.492 e. The molecule has 0 aromatic heterocycles. The number of hydrogen-bond donors (Lipinski definition) is 0. The first-order chi connectivity index (χ1) is 7.92. The summed E-state index contributed by atoms with van der Waals surface area (Å²) in [5.41, 5.74) is 0.457. The van der Waals surface area contributed by atoms with Crippen LogP contribution >= 0.6 is 11.6 Å². The number of ether oxygens (including phenoxy) is 1. The van der Waals surface area contributed by atoms with E-state index in [1.54, 1.807) is 12.1 Å². The van der Waals surface area contributed by atoms with Crippen LogP contribution in [0.25, 0.3) is 0 Å². The molecule has 1 aromatic carbocycles. The zero-order chi connectivity index (χ0) is 12.9. The lowest BCUT2D eigenvalue weighted by Gasteiger charge is -2.07. The summed E-state index contributed by atoms with van der Waals surface area (Å²) in [5.74, 6) is 0.542. The Bertz CT molecular complexity index is 534. The zero-order valence-corrected chi connectivity index (χ0v) is 10.9. The normalized spacial score (nSPS) is 10.9. The molecule has 17 heavy (non-hydrogen) atoms. The van der Waals surface area contributed by atoms with E-state index in [1.807, 2.05) is 6.07 Å². The van der Waals surface area contributed by atoms with Crippen LogP contribution in [0.5, 0.6) is 5.75 Å². The summed E-state index contributed by atoms with van der Waals surface area (Å²) in [7, 11) is -2.96. The Morgan fingerprint density at radius 2 is 2.18 bits per heavy atom. The molecule has 0 spiro atoms. The highest BCUT2D eigenvalue weighted by Crippen LogP contribution is 2.25. The van der Waals surface area contributed by atoms with Crippen LogP contribution in [0.3, 0.4) is 0 Å². The molecule has 92 valence electrons. The molecule has 0 amide bonds. The van der Waals surface area contributed by atoms with Gasteiger partial charge in [0.2, 0.25) is 0 Å². The standard InChI is InChI=1S/C11H12ClNO3S/c1-17(14,15)6-2-5-16-11-4-3-9(8-13)7-10(11)12/h3-4,7H,2,5-6H2,1H3. The predicted molar refractivity (Wildman–Crippen MR) is 66.0 cm³/mol. The van der Waals surface area contributed by atoms with E-state index in [2.05, 4.69) is 0 Å². The second-order valence-corrected chi connectivity index (χ2v) is 6.26. The first kappa shape index (κ1) is 13.8. The first-order valence-corrected chi connectivity index (χ1v) is 7.36. The SMILES string of the molecule is CS(=O)(=O)CCCOc1ccc(C#N)cc1Cl. The van der Waals surface area contributed by atoms with E-state index < -0.39 is 9.84 Å². The molecular formula is C11H12ClNO3S. The van der Waals surface area contributed by atoms with Gasteiger partial charge in [-0.3, -0.25) is 0 Å². The molecule has 0 aliphatic heterocycles. The van der Waals surface area contributed by atoms with Gasteiger partial charge in [-0.25, -0.2) is 8.42 Å². The van der Waals surface area contributed by atoms with Crippen LogP contribution < -0.4 is 4.74 Å². The highest BCUT2D eigenvalue weighted by atomic mass is 35.5. The van der Waals surface area contributed by atoms with Gasteiger partial charge in [0.05, 0.1) is 29.0 Å². The maximum atomic E-state index is 10.9. The Hall–Kier alpha value is -1.25. The number of sulfone groups is 1. The van der Waals surface area contributed by atoms with Crippen molar-refractivity contribution < 1.29 is 13.2 Å². The molecule has 6 heteroatoms. The highest BCUT2D eigenvalue weighted by Gasteiger charge is 2.05. The molecule has 0 unspecified atom stereocenters. The van der Waals surface area contributed by atoms with Crippen molar-refractivity contribution in [1.82, 2.24) is 0 Å². The van der Waals surface area contributed by atoms with E-state index in [9.17, 15) is 8.42 Å². The minimum absolute atomic E-state index is 0.0842. The van der Waals surface area contributed by atoms with Crippen molar-refractivity contribution in [3.63, 3.8) is 0 Å². The third kappa shape index (κ3) is 5.07. The van der Waals surface area contributed by atoms with Crippen molar-refractivity contribution in [2.45, 2.75) is 6.42 Å². The third-order valence-corrected chi connectivity index (χ3v) is 3.30. The molecule has 0 heterocycles. The van der Waals surface area contributed by atoms with Crippen LogP contribution in [0.15, 0.2) is 18.2 Å². The molecule has 1 rings (SSSR count). The number of nitrogens with zero attached hydrogens (tertiary/aromatic N) is 1. The van der Waals surface area contributed by atoms with Gasteiger partial charge < -0.3 is 4.74 Å². The lowest BCUT2D eigenvalue weighted by atomic mass is 10.2. The number of hydrogen-bond acceptors (Lipinski definition) is 4. The monoisotopic (exact) mass is 273 g/mol. The Labute approximate surface area is 106 Å². The molecule has 0 N–H and O–H groups in total. The summed E-state index contributed by atoms with van der Waals surface area (Å²) in [6.07, 6.45) is 1.59. The van der Waals surface area contributed by atoms with Crippen molar-refractivity contribution in [2.24, 2.45) is 0 Å². The summed E-state index contributed by atoms with van der Waals surface area (Å²) in [4.78, 5) is 0. The number of halogens is 1. The van der Waals surface area contributed by atoms with Crippen molar-refractivity contribution in [2.75, 3.05) is 18.6 Å². The zero-order valence-electron chi connectivity index (χ0n) is 9.31. The van der Waals surface area contributed by atoms with Crippen LogP contribution in [0.4, 0.5) is 0 Å². The van der Waals surface area contributed by atoms with Crippen LogP contribution in [-0.2, 0) is 9.84 Å². The van der Waals surface area contributed by atoms with E-state index in [-0.39, 0.29) is 12.4 Å². The fourth-order valence-electron chi connectivity index (χ4n) is 1.19. The maximum absolute atomic E-state index is 10.9. The lowest BCUT2D eigenvalue weighted by Crippen LogP contribution is -2.08. The van der Waals surface area contributed by atoms with Crippen LogP contribution in [-0.4, -0.2) is 27.0 Å². The van der Waals surface area contributed by atoms with Gasteiger partial charge in [-0.2, -0.15) is 5.26 Å². The van der Waals surface area contributed by atoms with Crippen molar-refractivity contribution >= 4 is 21.4 Å². The predicted octanol–water partition coefficient (Wildman–Crippen LogP) is 2.03. The number of nitriles is 1. The first-order valence-electron chi connectivity index (χ1n) is 4.92. The molecular weight excluding hydrogens is 262 g/mol. The quantitative estimate of drug-likeness (QED) is 0.770. The van der Waals surface area contributed by atoms with Gasteiger partial charge in [0.15, 0.2) is 0 Å². The third-order valence-electron chi connectivity index (χ3n) is 1.98. The van der Waals surface area contributed by atoms with Crippen molar-refractivity contribution in [3.8, 4) is 11.8 Å². The summed E-state index contributed by atoms with van der Waals surface area (Å²) < 4.78 is 27.1. The molecule has 0 atom stereocenters. The van der Waals surface area contributed by atoms with E-state index in [0.29, 0.717) is 22.8 Å². The molecule has 0 radical (unpaired) electrons. The van der Waals surface area contributed by atoms with Crippen LogP contribution in [0, 0.1) is 11.3 Å². The maximum Gasteiger partial charge on any atom is 0.147 e. The second-order valence-electron chi connectivity index (χ2n) is 3.59. The molecule has 0 bridgehead atoms. The van der Waals surface area contributed by atoms with Crippen molar-refractivity contribution in [3.05, 3.63) is 28.8 Å². The van der Waals surface area contributed by atoms with Gasteiger partial charge in [0.25, 0.3) is 0 Å². The molecule has 4 nitrogen and oxygen atoms in total. The van der Waals surface area contributed by atoms with Gasteiger partial charge in [0.1, 0.15) is 15.6 Å². The Morgan fingerprint density at radius 1 is 1.47 bits per heavy atom. The summed E-state index contributed by atoms with van der Waals surface area (Å²) in [5, 5.41) is 8.99. The van der Waals surface area contributed by atoms with Gasteiger partial charge in [0, 0.05) is 6.26 Å². The van der Waals surface area contributed by atoms with Gasteiger partial charge in [-0.1, -0.05) is 11.6 Å². The van der Waals surface area contributed by atoms with Gasteiger partial charge in [-0.15, -0.1) is 0 Å². The largest absolute Gasteiger partial charge is 0.492 e. The fraction of sp³-hybridized carbons (Fsp3) is 0.364. The second kappa shape index (κ2) is 5.89. The molecule has 0 saturated carbocycles. The average Bonchev–Trinajstić information content (AvgIpc) is 2.24. The van der Waals surface area contributed by atoms with Crippen LogP contribution in [0.1, 0.15) is 12.0 Å². The average molecular weight is 274 g/mol. The van der Waals surface area contributed by atoms with Crippen molar-refractivity contribution in [1.29, 1.82) is 5.26 Å². The molecule has 0 aliphatic rings.